The molecule has 2 aromatic rings. The largest absolute Gasteiger partial charge is 0.492 e. The van der Waals surface area contributed by atoms with Crippen LogP contribution in [0.5, 0.6) is 11.5 Å². The summed E-state index contributed by atoms with van der Waals surface area (Å²) in [6.07, 6.45) is 0.119. The number of ether oxygens (including phenoxy) is 2. The van der Waals surface area contributed by atoms with E-state index >= 15 is 0 Å². The molecule has 2 aromatic carbocycles. The summed E-state index contributed by atoms with van der Waals surface area (Å²) in [7, 11) is 0. The molecular formula is C19H23NO3. The van der Waals surface area contributed by atoms with Crippen molar-refractivity contribution >= 4 is 5.91 Å². The quantitative estimate of drug-likeness (QED) is 0.760. The number of amides is 1. The van der Waals surface area contributed by atoms with Gasteiger partial charge in [0, 0.05) is 0 Å². The molecule has 0 aliphatic carbocycles. The number of hydrogen-bond acceptors (Lipinski definition) is 3. The SMILES string of the molecule is CC[C@@H](Oc1ccc(C)cc1)C(=O)NCCOc1ccccc1. The van der Waals surface area contributed by atoms with Gasteiger partial charge in [-0.2, -0.15) is 0 Å². The smallest absolute Gasteiger partial charge is 0.261 e. The molecule has 0 heterocycles. The van der Waals surface area contributed by atoms with Crippen LogP contribution in [0.4, 0.5) is 0 Å². The fraction of sp³-hybridized carbons (Fsp3) is 0.316. The van der Waals surface area contributed by atoms with Crippen LogP contribution in [0, 0.1) is 6.92 Å². The van der Waals surface area contributed by atoms with E-state index in [4.69, 9.17) is 9.47 Å². The van der Waals surface area contributed by atoms with Gasteiger partial charge in [-0.1, -0.05) is 42.8 Å². The third kappa shape index (κ3) is 5.66. The van der Waals surface area contributed by atoms with Crippen molar-refractivity contribution in [2.24, 2.45) is 0 Å². The molecule has 122 valence electrons. The van der Waals surface area contributed by atoms with Gasteiger partial charge in [-0.25, -0.2) is 0 Å². The van der Waals surface area contributed by atoms with Crippen LogP contribution < -0.4 is 14.8 Å². The van der Waals surface area contributed by atoms with Crippen LogP contribution >= 0.6 is 0 Å². The zero-order valence-corrected chi connectivity index (χ0v) is 13.6. The minimum Gasteiger partial charge on any atom is -0.492 e. The lowest BCUT2D eigenvalue weighted by Crippen LogP contribution is -2.39. The molecule has 0 spiro atoms. The van der Waals surface area contributed by atoms with Crippen molar-refractivity contribution in [1.29, 1.82) is 0 Å². The van der Waals surface area contributed by atoms with Crippen LogP contribution in [0.3, 0.4) is 0 Å². The van der Waals surface area contributed by atoms with Crippen LogP contribution in [0.1, 0.15) is 18.9 Å². The Morgan fingerprint density at radius 1 is 1.04 bits per heavy atom. The highest BCUT2D eigenvalue weighted by Gasteiger charge is 2.17. The first kappa shape index (κ1) is 16.9. The van der Waals surface area contributed by atoms with Gasteiger partial charge in [0.15, 0.2) is 6.10 Å². The maximum Gasteiger partial charge on any atom is 0.261 e. The van der Waals surface area contributed by atoms with E-state index in [0.717, 1.165) is 11.3 Å². The number of rotatable bonds is 8. The predicted molar refractivity (Wildman–Crippen MR) is 90.8 cm³/mol. The van der Waals surface area contributed by atoms with E-state index < -0.39 is 6.10 Å². The van der Waals surface area contributed by atoms with Gasteiger partial charge >= 0.3 is 0 Å². The lowest BCUT2D eigenvalue weighted by Gasteiger charge is -2.17. The van der Waals surface area contributed by atoms with Crippen LogP contribution in [-0.2, 0) is 4.79 Å². The summed E-state index contributed by atoms with van der Waals surface area (Å²) in [5, 5.41) is 2.85. The minimum atomic E-state index is -0.491. The molecule has 0 saturated heterocycles. The Kier molecular flexibility index (Phi) is 6.48. The van der Waals surface area contributed by atoms with Gasteiger partial charge in [0.1, 0.15) is 18.1 Å². The number of carbonyl (C=O) groups is 1. The monoisotopic (exact) mass is 313 g/mol. The van der Waals surface area contributed by atoms with Gasteiger partial charge in [-0.05, 0) is 37.6 Å². The topological polar surface area (TPSA) is 47.6 Å². The average molecular weight is 313 g/mol. The highest BCUT2D eigenvalue weighted by molar-refractivity contribution is 5.81. The molecule has 1 atom stereocenters. The molecule has 4 heteroatoms. The lowest BCUT2D eigenvalue weighted by atomic mass is 10.2. The van der Waals surface area contributed by atoms with Crippen molar-refractivity contribution in [3.63, 3.8) is 0 Å². The number of benzene rings is 2. The van der Waals surface area contributed by atoms with Gasteiger partial charge in [0.25, 0.3) is 5.91 Å². The molecule has 0 fully saturated rings. The Labute approximate surface area is 137 Å². The summed E-state index contributed by atoms with van der Waals surface area (Å²) < 4.78 is 11.3. The van der Waals surface area contributed by atoms with Gasteiger partial charge in [-0.3, -0.25) is 4.79 Å². The summed E-state index contributed by atoms with van der Waals surface area (Å²) >= 11 is 0. The highest BCUT2D eigenvalue weighted by Crippen LogP contribution is 2.14. The fourth-order valence-electron chi connectivity index (χ4n) is 2.08. The molecule has 0 radical (unpaired) electrons. The summed E-state index contributed by atoms with van der Waals surface area (Å²) in [6, 6.07) is 17.2. The normalized spacial score (nSPS) is 11.6. The maximum atomic E-state index is 12.2. The number of aryl methyl sites for hydroxylation is 1. The second kappa shape index (κ2) is 8.83. The zero-order chi connectivity index (χ0) is 16.5. The Hall–Kier alpha value is -2.49. The minimum absolute atomic E-state index is 0.121. The average Bonchev–Trinajstić information content (AvgIpc) is 2.59. The van der Waals surface area contributed by atoms with Crippen molar-refractivity contribution in [2.75, 3.05) is 13.2 Å². The van der Waals surface area contributed by atoms with E-state index in [1.54, 1.807) is 0 Å². The van der Waals surface area contributed by atoms with E-state index in [-0.39, 0.29) is 5.91 Å². The molecule has 0 aliphatic rings. The summed E-state index contributed by atoms with van der Waals surface area (Å²) in [4.78, 5) is 12.2. The van der Waals surface area contributed by atoms with Crippen molar-refractivity contribution in [3.05, 3.63) is 60.2 Å². The van der Waals surface area contributed by atoms with Crippen LogP contribution in [0.25, 0.3) is 0 Å². The summed E-state index contributed by atoms with van der Waals surface area (Å²) in [5.41, 5.74) is 1.16. The Morgan fingerprint density at radius 2 is 1.74 bits per heavy atom. The number of hydrogen-bond donors (Lipinski definition) is 1. The summed E-state index contributed by atoms with van der Waals surface area (Å²) in [6.45, 7) is 4.82. The Morgan fingerprint density at radius 3 is 2.39 bits per heavy atom. The molecule has 0 aliphatic heterocycles. The Bertz CT molecular complexity index is 596. The lowest BCUT2D eigenvalue weighted by molar-refractivity contribution is -0.128. The van der Waals surface area contributed by atoms with Crippen LogP contribution in [0.2, 0.25) is 0 Å². The van der Waals surface area contributed by atoms with Gasteiger partial charge in [-0.15, -0.1) is 0 Å². The molecule has 0 aromatic heterocycles. The fourth-order valence-corrected chi connectivity index (χ4v) is 2.08. The van der Waals surface area contributed by atoms with Crippen LogP contribution in [0.15, 0.2) is 54.6 Å². The zero-order valence-electron chi connectivity index (χ0n) is 13.6. The molecule has 0 unspecified atom stereocenters. The highest BCUT2D eigenvalue weighted by atomic mass is 16.5. The first-order valence-electron chi connectivity index (χ1n) is 7.88. The third-order valence-corrected chi connectivity index (χ3v) is 3.38. The van der Waals surface area contributed by atoms with E-state index in [9.17, 15) is 4.79 Å². The second-order valence-corrected chi connectivity index (χ2v) is 5.28. The first-order valence-corrected chi connectivity index (χ1v) is 7.88. The molecule has 23 heavy (non-hydrogen) atoms. The van der Waals surface area contributed by atoms with Crippen molar-refractivity contribution < 1.29 is 14.3 Å². The van der Waals surface area contributed by atoms with Gasteiger partial charge in [0.05, 0.1) is 6.54 Å². The number of nitrogens with one attached hydrogen (secondary N) is 1. The van der Waals surface area contributed by atoms with Gasteiger partial charge in [0.2, 0.25) is 0 Å². The molecule has 1 amide bonds. The maximum absolute atomic E-state index is 12.2. The van der Waals surface area contributed by atoms with Gasteiger partial charge < -0.3 is 14.8 Å². The van der Waals surface area contributed by atoms with Crippen molar-refractivity contribution in [3.8, 4) is 11.5 Å². The van der Waals surface area contributed by atoms with Crippen molar-refractivity contribution in [2.45, 2.75) is 26.4 Å². The molecule has 4 nitrogen and oxygen atoms in total. The predicted octanol–water partition coefficient (Wildman–Crippen LogP) is 3.35. The third-order valence-electron chi connectivity index (χ3n) is 3.38. The van der Waals surface area contributed by atoms with E-state index in [1.165, 1.54) is 0 Å². The van der Waals surface area contributed by atoms with Crippen molar-refractivity contribution in [1.82, 2.24) is 5.32 Å². The summed E-state index contributed by atoms with van der Waals surface area (Å²) in [5.74, 6) is 1.38. The first-order chi connectivity index (χ1) is 11.2. The molecule has 0 saturated carbocycles. The Balaban J connectivity index is 1.75. The molecule has 0 bridgehead atoms. The molecular weight excluding hydrogens is 290 g/mol. The number of para-hydroxylation sites is 1. The molecule has 1 N–H and O–H groups in total. The second-order valence-electron chi connectivity index (χ2n) is 5.28. The van der Waals surface area contributed by atoms with Crippen LogP contribution in [-0.4, -0.2) is 25.2 Å². The standard InChI is InChI=1S/C19H23NO3/c1-3-18(23-17-11-9-15(2)10-12-17)19(21)20-13-14-22-16-7-5-4-6-8-16/h4-12,18H,3,13-14H2,1-2H3,(H,20,21)/t18-/m1/s1. The van der Waals surface area contributed by atoms with E-state index in [1.807, 2.05) is 68.4 Å². The molecule has 2 rings (SSSR count). The number of carbonyl (C=O) groups excluding carboxylic acids is 1. The van der Waals surface area contributed by atoms with E-state index in [2.05, 4.69) is 5.32 Å². The van der Waals surface area contributed by atoms with E-state index in [0.29, 0.717) is 25.3 Å².